The maximum Gasteiger partial charge on any atom is 0.244 e. The van der Waals surface area contributed by atoms with Crippen LogP contribution in [-0.4, -0.2) is 25.7 Å². The lowest BCUT2D eigenvalue weighted by Crippen LogP contribution is -2.21. The molecule has 0 unspecified atom stereocenters. The van der Waals surface area contributed by atoms with Gasteiger partial charge < -0.3 is 10.2 Å². The van der Waals surface area contributed by atoms with E-state index in [0.29, 0.717) is 12.0 Å². The number of unbranched alkanes of at least 4 members (excludes halogenated alkanes) is 2. The molecule has 0 aliphatic heterocycles. The van der Waals surface area contributed by atoms with Gasteiger partial charge in [0.15, 0.2) is 0 Å². The van der Waals surface area contributed by atoms with E-state index in [1.807, 2.05) is 13.0 Å². The minimum atomic E-state index is -3.84. The minimum absolute atomic E-state index is 0.0626. The lowest BCUT2D eigenvalue weighted by molar-refractivity contribution is 0.427. The normalized spacial score (nSPS) is 12.2. The van der Waals surface area contributed by atoms with Crippen molar-refractivity contribution in [2.75, 3.05) is 7.05 Å². The number of hydrogen-bond acceptors (Lipinski definition) is 4. The van der Waals surface area contributed by atoms with E-state index in [0.717, 1.165) is 37.7 Å². The molecule has 0 saturated carbocycles. The predicted molar refractivity (Wildman–Crippen MR) is 115 cm³/mol. The monoisotopic (exact) mass is 409 g/mol. The molecule has 0 fully saturated rings. The first kappa shape index (κ1) is 24.2. The molecule has 28 heavy (non-hydrogen) atoms. The molecule has 0 amide bonds. The van der Waals surface area contributed by atoms with Crippen LogP contribution in [0.25, 0.3) is 0 Å². The number of aromatic hydroxyl groups is 2. The number of hydrogen-bond donors (Lipinski definition) is 3. The fraction of sp³-hybridized carbons (Fsp3) is 0.545. The van der Waals surface area contributed by atoms with Gasteiger partial charge in [-0.05, 0) is 71.6 Å². The molecule has 158 valence electrons. The van der Waals surface area contributed by atoms with Gasteiger partial charge in [0, 0.05) is 5.56 Å². The van der Waals surface area contributed by atoms with Gasteiger partial charge in [-0.15, -0.1) is 0 Å². The fourth-order valence-corrected chi connectivity index (χ4v) is 4.14. The van der Waals surface area contributed by atoms with E-state index < -0.39 is 10.0 Å². The molecule has 0 aliphatic carbocycles. The second-order valence-electron chi connectivity index (χ2n) is 7.45. The summed E-state index contributed by atoms with van der Waals surface area (Å²) in [4.78, 5) is -0.116. The number of sulfonamides is 1. The van der Waals surface area contributed by atoms with Crippen LogP contribution >= 0.6 is 0 Å². The highest BCUT2D eigenvalue weighted by molar-refractivity contribution is 7.89. The van der Waals surface area contributed by atoms with Crippen LogP contribution < -0.4 is 4.72 Å². The second-order valence-corrected chi connectivity index (χ2v) is 9.27. The summed E-state index contributed by atoms with van der Waals surface area (Å²) in [5.41, 5.74) is 3.09. The zero-order valence-corrected chi connectivity index (χ0v) is 18.6. The van der Waals surface area contributed by atoms with Crippen molar-refractivity contribution in [2.24, 2.45) is 0 Å². The summed E-state index contributed by atoms with van der Waals surface area (Å²) >= 11 is 0. The highest BCUT2D eigenvalue weighted by Crippen LogP contribution is 2.38. The van der Waals surface area contributed by atoms with Crippen LogP contribution in [0.1, 0.15) is 70.9 Å². The Morgan fingerprint density at radius 1 is 1.14 bits per heavy atom. The van der Waals surface area contributed by atoms with Gasteiger partial charge >= 0.3 is 0 Å². The third-order valence-electron chi connectivity index (χ3n) is 4.75. The van der Waals surface area contributed by atoms with Crippen LogP contribution in [0.2, 0.25) is 0 Å². The first-order chi connectivity index (χ1) is 13.1. The Bertz CT molecular complexity index is 819. The van der Waals surface area contributed by atoms with E-state index >= 15 is 0 Å². The summed E-state index contributed by atoms with van der Waals surface area (Å²) in [6.07, 6.45) is 9.42. The summed E-state index contributed by atoms with van der Waals surface area (Å²) in [6, 6.07) is 1.49. The van der Waals surface area contributed by atoms with Gasteiger partial charge in [0.05, 0.1) is 0 Å². The molecule has 6 heteroatoms. The quantitative estimate of drug-likeness (QED) is 0.355. The number of allylic oxidation sites excluding steroid dienone is 4. The summed E-state index contributed by atoms with van der Waals surface area (Å²) in [5, 5.41) is 21.2. The van der Waals surface area contributed by atoms with E-state index in [4.69, 9.17) is 0 Å². The molecule has 0 aromatic heterocycles. The van der Waals surface area contributed by atoms with E-state index in [9.17, 15) is 18.6 Å². The topological polar surface area (TPSA) is 86.6 Å². The van der Waals surface area contributed by atoms with Crippen LogP contribution in [0.4, 0.5) is 0 Å². The average Bonchev–Trinajstić information content (AvgIpc) is 2.61. The zero-order chi connectivity index (χ0) is 21.3. The van der Waals surface area contributed by atoms with Crippen LogP contribution in [0.3, 0.4) is 0 Å². The van der Waals surface area contributed by atoms with Crippen molar-refractivity contribution < 1.29 is 18.6 Å². The van der Waals surface area contributed by atoms with Crippen molar-refractivity contribution in [1.82, 2.24) is 4.72 Å². The smallest absolute Gasteiger partial charge is 0.244 e. The van der Waals surface area contributed by atoms with E-state index in [-0.39, 0.29) is 28.4 Å². The SMILES string of the molecule is CCCCCc1cc(O)c(CC=C(C)CCC=C(C)C)c(O)c1S(=O)(=O)NC. The van der Waals surface area contributed by atoms with Gasteiger partial charge in [0.1, 0.15) is 16.4 Å². The average molecular weight is 410 g/mol. The van der Waals surface area contributed by atoms with Gasteiger partial charge in [-0.25, -0.2) is 13.1 Å². The molecule has 0 saturated heterocycles. The third kappa shape index (κ3) is 6.99. The third-order valence-corrected chi connectivity index (χ3v) is 6.28. The summed E-state index contributed by atoms with van der Waals surface area (Å²) < 4.78 is 27.3. The van der Waals surface area contributed by atoms with Gasteiger partial charge in [-0.2, -0.15) is 0 Å². The van der Waals surface area contributed by atoms with Crippen LogP contribution in [-0.2, 0) is 22.9 Å². The second kappa shape index (κ2) is 11.3. The maximum absolute atomic E-state index is 12.5. The molecule has 0 spiro atoms. The van der Waals surface area contributed by atoms with Crippen LogP contribution in [0.5, 0.6) is 11.5 Å². The van der Waals surface area contributed by atoms with Crippen LogP contribution in [0, 0.1) is 0 Å². The van der Waals surface area contributed by atoms with Crippen molar-refractivity contribution >= 4 is 10.0 Å². The molecule has 1 rings (SSSR count). The first-order valence-electron chi connectivity index (χ1n) is 9.93. The Kier molecular flexibility index (Phi) is 9.76. The van der Waals surface area contributed by atoms with Crippen molar-refractivity contribution in [1.29, 1.82) is 0 Å². The van der Waals surface area contributed by atoms with Gasteiger partial charge in [0.25, 0.3) is 0 Å². The Morgan fingerprint density at radius 3 is 2.39 bits per heavy atom. The Labute approximate surface area is 170 Å². The van der Waals surface area contributed by atoms with Crippen molar-refractivity contribution in [3.8, 4) is 11.5 Å². The van der Waals surface area contributed by atoms with Gasteiger partial charge in [0.2, 0.25) is 10.0 Å². The van der Waals surface area contributed by atoms with Gasteiger partial charge in [-0.3, -0.25) is 0 Å². The Balaban J connectivity index is 3.23. The largest absolute Gasteiger partial charge is 0.508 e. The summed E-state index contributed by atoms with van der Waals surface area (Å²) in [5.74, 6) is -0.415. The zero-order valence-electron chi connectivity index (χ0n) is 17.8. The summed E-state index contributed by atoms with van der Waals surface area (Å²) in [7, 11) is -2.51. The Hall–Kier alpha value is -1.79. The highest BCUT2D eigenvalue weighted by Gasteiger charge is 2.25. The molecule has 0 aliphatic rings. The highest BCUT2D eigenvalue weighted by atomic mass is 32.2. The number of aryl methyl sites for hydroxylation is 1. The first-order valence-corrected chi connectivity index (χ1v) is 11.4. The number of phenols is 2. The van der Waals surface area contributed by atoms with Crippen LogP contribution in [0.15, 0.2) is 34.3 Å². The van der Waals surface area contributed by atoms with Crippen molar-refractivity contribution in [2.45, 2.75) is 77.5 Å². The molecule has 0 bridgehead atoms. The predicted octanol–water partition coefficient (Wildman–Crippen LogP) is 4.97. The minimum Gasteiger partial charge on any atom is -0.508 e. The lowest BCUT2D eigenvalue weighted by atomic mass is 10.00. The molecular formula is C22H35NO4S. The number of phenolic OH excluding ortho intramolecular Hbond substituents is 2. The summed E-state index contributed by atoms with van der Waals surface area (Å²) in [6.45, 7) is 8.18. The molecule has 3 N–H and O–H groups in total. The standard InChI is InChI=1S/C22H35NO4S/c1-6-7-8-12-18-15-20(24)19(21(25)22(18)28(26,27)23-5)14-13-17(4)11-9-10-16(2)3/h10,13,15,23-25H,6-9,11-12,14H2,1-5H3. The maximum atomic E-state index is 12.5. The molecule has 0 heterocycles. The van der Waals surface area contributed by atoms with Crippen molar-refractivity contribution in [3.05, 3.63) is 40.5 Å². The molecule has 5 nitrogen and oxygen atoms in total. The molecule has 0 atom stereocenters. The van der Waals surface area contributed by atoms with E-state index in [1.54, 1.807) is 0 Å². The molecule has 1 aromatic rings. The van der Waals surface area contributed by atoms with E-state index in [1.165, 1.54) is 18.7 Å². The lowest BCUT2D eigenvalue weighted by Gasteiger charge is -2.16. The number of benzene rings is 1. The van der Waals surface area contributed by atoms with E-state index in [2.05, 4.69) is 31.6 Å². The number of nitrogens with one attached hydrogen (secondary N) is 1. The van der Waals surface area contributed by atoms with Gasteiger partial charge in [-0.1, -0.05) is 43.1 Å². The molecular weight excluding hydrogens is 374 g/mol. The fourth-order valence-electron chi connectivity index (χ4n) is 3.05. The molecule has 1 aromatic carbocycles. The Morgan fingerprint density at radius 2 is 1.82 bits per heavy atom. The van der Waals surface area contributed by atoms with Crippen molar-refractivity contribution in [3.63, 3.8) is 0 Å². The number of rotatable bonds is 11. The molecule has 0 radical (unpaired) electrons.